The molecule has 0 unspecified atom stereocenters. The lowest BCUT2D eigenvalue weighted by atomic mass is 10.2. The summed E-state index contributed by atoms with van der Waals surface area (Å²) in [7, 11) is 0. The summed E-state index contributed by atoms with van der Waals surface area (Å²) in [6.07, 6.45) is 1.81. The van der Waals surface area contributed by atoms with Crippen molar-refractivity contribution in [3.8, 4) is 0 Å². The Kier molecular flexibility index (Phi) is 3.72. The average molecular weight is 372 g/mol. The number of aromatic nitrogens is 4. The molecule has 5 rings (SSSR count). The molecule has 6 nitrogen and oxygen atoms in total. The Bertz CT molecular complexity index is 1240. The predicted molar refractivity (Wildman–Crippen MR) is 111 cm³/mol. The number of benzene rings is 2. The van der Waals surface area contributed by atoms with Crippen molar-refractivity contribution in [2.75, 3.05) is 10.6 Å². The van der Waals surface area contributed by atoms with E-state index in [-0.39, 0.29) is 0 Å². The lowest BCUT2D eigenvalue weighted by Crippen LogP contribution is -2.01. The fourth-order valence-electron chi connectivity index (χ4n) is 2.93. The molecule has 0 aliphatic rings. The van der Waals surface area contributed by atoms with E-state index in [1.165, 1.54) is 5.56 Å². The van der Waals surface area contributed by atoms with Crippen LogP contribution in [-0.2, 0) is 0 Å². The van der Waals surface area contributed by atoms with E-state index in [2.05, 4.69) is 44.9 Å². The normalized spacial score (nSPS) is 11.1. The molecule has 0 fully saturated rings. The molecular weight excluding hydrogens is 356 g/mol. The van der Waals surface area contributed by atoms with Gasteiger partial charge in [-0.05, 0) is 48.7 Å². The second kappa shape index (κ2) is 6.37. The van der Waals surface area contributed by atoms with Crippen molar-refractivity contribution >= 4 is 55.6 Å². The number of thiophene rings is 1. The Morgan fingerprint density at radius 2 is 1.78 bits per heavy atom. The second-order valence-corrected chi connectivity index (χ2v) is 7.23. The van der Waals surface area contributed by atoms with E-state index in [0.717, 1.165) is 38.3 Å². The summed E-state index contributed by atoms with van der Waals surface area (Å²) in [5.41, 5.74) is 5.05. The Labute approximate surface area is 159 Å². The summed E-state index contributed by atoms with van der Waals surface area (Å²) < 4.78 is 1.02. The van der Waals surface area contributed by atoms with E-state index in [1.54, 1.807) is 11.3 Å². The zero-order valence-corrected chi connectivity index (χ0v) is 15.3. The Morgan fingerprint density at radius 3 is 2.67 bits per heavy atom. The predicted octanol–water partition coefficient (Wildman–Crippen LogP) is 5.36. The maximum Gasteiger partial charge on any atom is 0.229 e. The van der Waals surface area contributed by atoms with Gasteiger partial charge in [-0.3, -0.25) is 5.10 Å². The van der Waals surface area contributed by atoms with Crippen LogP contribution in [0.25, 0.3) is 21.1 Å². The molecule has 3 heterocycles. The van der Waals surface area contributed by atoms with Gasteiger partial charge in [0.1, 0.15) is 0 Å². The number of aryl methyl sites for hydroxylation is 1. The third kappa shape index (κ3) is 3.09. The number of H-pyrrole nitrogens is 1. The molecule has 0 atom stereocenters. The van der Waals surface area contributed by atoms with Crippen LogP contribution in [-0.4, -0.2) is 20.2 Å². The molecule has 7 heteroatoms. The minimum atomic E-state index is 0.566. The van der Waals surface area contributed by atoms with Crippen LogP contribution in [0.3, 0.4) is 0 Å². The number of hydrogen-bond acceptors (Lipinski definition) is 6. The fraction of sp³-hybridized carbons (Fsp3) is 0.0500. The van der Waals surface area contributed by atoms with Gasteiger partial charge < -0.3 is 10.6 Å². The number of fused-ring (bicyclic) bond motifs is 2. The first-order valence-electron chi connectivity index (χ1n) is 8.54. The van der Waals surface area contributed by atoms with Crippen molar-refractivity contribution < 1.29 is 0 Å². The van der Waals surface area contributed by atoms with Crippen LogP contribution in [0.15, 0.2) is 60.1 Å². The van der Waals surface area contributed by atoms with Crippen LogP contribution < -0.4 is 10.6 Å². The van der Waals surface area contributed by atoms with E-state index in [1.807, 2.05) is 48.0 Å². The molecule has 27 heavy (non-hydrogen) atoms. The summed E-state index contributed by atoms with van der Waals surface area (Å²) >= 11 is 1.62. The molecule has 0 saturated heterocycles. The van der Waals surface area contributed by atoms with Crippen molar-refractivity contribution in [1.82, 2.24) is 20.2 Å². The third-order valence-electron chi connectivity index (χ3n) is 4.31. The standard InChI is InChI=1S/C20H16N6S/c1-12-2-4-14(5-3-12)23-20-24-17-8-9-27-18(17)19(25-20)22-15-6-7-16-13(10-15)11-21-26-16/h2-11H,1H3,(H,21,26)(H2,22,23,24,25). The molecule has 5 aromatic rings. The Balaban J connectivity index is 1.52. The van der Waals surface area contributed by atoms with Gasteiger partial charge in [0.15, 0.2) is 5.82 Å². The van der Waals surface area contributed by atoms with Gasteiger partial charge in [-0.2, -0.15) is 10.1 Å². The summed E-state index contributed by atoms with van der Waals surface area (Å²) in [6, 6.07) is 16.2. The number of nitrogens with one attached hydrogen (secondary N) is 3. The first-order valence-corrected chi connectivity index (χ1v) is 9.42. The zero-order valence-electron chi connectivity index (χ0n) is 14.5. The van der Waals surface area contributed by atoms with E-state index in [9.17, 15) is 0 Å². The van der Waals surface area contributed by atoms with Gasteiger partial charge in [0.2, 0.25) is 5.95 Å². The molecule has 0 amide bonds. The van der Waals surface area contributed by atoms with Crippen molar-refractivity contribution in [3.63, 3.8) is 0 Å². The van der Waals surface area contributed by atoms with Gasteiger partial charge in [0.25, 0.3) is 0 Å². The quantitative estimate of drug-likeness (QED) is 0.396. The summed E-state index contributed by atoms with van der Waals surface area (Å²) in [6.45, 7) is 2.07. The van der Waals surface area contributed by atoms with Gasteiger partial charge in [0, 0.05) is 16.8 Å². The van der Waals surface area contributed by atoms with E-state index < -0.39 is 0 Å². The largest absolute Gasteiger partial charge is 0.339 e. The molecule has 0 aliphatic heterocycles. The molecule has 3 aromatic heterocycles. The summed E-state index contributed by atoms with van der Waals surface area (Å²) in [4.78, 5) is 9.34. The van der Waals surface area contributed by atoms with Crippen molar-refractivity contribution in [1.29, 1.82) is 0 Å². The Hall–Kier alpha value is -3.45. The van der Waals surface area contributed by atoms with Crippen molar-refractivity contribution in [2.24, 2.45) is 0 Å². The molecule has 132 valence electrons. The molecule has 2 aromatic carbocycles. The zero-order chi connectivity index (χ0) is 18.2. The lowest BCUT2D eigenvalue weighted by Gasteiger charge is -2.10. The maximum absolute atomic E-state index is 4.71. The van der Waals surface area contributed by atoms with E-state index >= 15 is 0 Å². The monoisotopic (exact) mass is 372 g/mol. The topological polar surface area (TPSA) is 78.5 Å². The van der Waals surface area contributed by atoms with Gasteiger partial charge in [-0.1, -0.05) is 17.7 Å². The van der Waals surface area contributed by atoms with Crippen LogP contribution in [0, 0.1) is 6.92 Å². The summed E-state index contributed by atoms with van der Waals surface area (Å²) in [5, 5.41) is 16.8. The molecular formula is C20H16N6S. The highest BCUT2D eigenvalue weighted by molar-refractivity contribution is 7.17. The van der Waals surface area contributed by atoms with Gasteiger partial charge in [0.05, 0.1) is 21.9 Å². The average Bonchev–Trinajstić information content (AvgIpc) is 3.32. The molecule has 0 spiro atoms. The van der Waals surface area contributed by atoms with Crippen LogP contribution in [0.1, 0.15) is 5.56 Å². The second-order valence-electron chi connectivity index (χ2n) is 6.32. The van der Waals surface area contributed by atoms with Crippen LogP contribution >= 0.6 is 11.3 Å². The SMILES string of the molecule is Cc1ccc(Nc2nc(Nc3ccc4[nH]ncc4c3)c3sccc3n2)cc1. The van der Waals surface area contributed by atoms with Gasteiger partial charge >= 0.3 is 0 Å². The smallest absolute Gasteiger partial charge is 0.229 e. The maximum atomic E-state index is 4.71. The van der Waals surface area contributed by atoms with Crippen LogP contribution in [0.4, 0.5) is 23.1 Å². The first kappa shape index (κ1) is 15.8. The van der Waals surface area contributed by atoms with Gasteiger partial charge in [-0.15, -0.1) is 11.3 Å². The molecule has 0 bridgehead atoms. The third-order valence-corrected chi connectivity index (χ3v) is 5.22. The molecule has 0 radical (unpaired) electrons. The molecule has 0 saturated carbocycles. The van der Waals surface area contributed by atoms with Crippen LogP contribution in [0.5, 0.6) is 0 Å². The molecule has 3 N–H and O–H groups in total. The fourth-order valence-corrected chi connectivity index (χ4v) is 3.70. The van der Waals surface area contributed by atoms with Crippen molar-refractivity contribution in [3.05, 3.63) is 65.7 Å². The number of nitrogens with zero attached hydrogens (tertiary/aromatic N) is 3. The number of anilines is 4. The number of aromatic amines is 1. The first-order chi connectivity index (χ1) is 13.2. The number of rotatable bonds is 4. The lowest BCUT2D eigenvalue weighted by molar-refractivity contribution is 1.12. The Morgan fingerprint density at radius 1 is 0.926 bits per heavy atom. The number of hydrogen-bond donors (Lipinski definition) is 3. The van der Waals surface area contributed by atoms with Gasteiger partial charge in [-0.25, -0.2) is 4.98 Å². The van der Waals surface area contributed by atoms with E-state index in [0.29, 0.717) is 5.95 Å². The minimum absolute atomic E-state index is 0.566. The summed E-state index contributed by atoms with van der Waals surface area (Å²) in [5.74, 6) is 1.35. The van der Waals surface area contributed by atoms with Crippen LogP contribution in [0.2, 0.25) is 0 Å². The molecule has 0 aliphatic carbocycles. The van der Waals surface area contributed by atoms with Crippen molar-refractivity contribution in [2.45, 2.75) is 6.92 Å². The van der Waals surface area contributed by atoms with E-state index in [4.69, 9.17) is 4.98 Å². The highest BCUT2D eigenvalue weighted by Gasteiger charge is 2.10. The minimum Gasteiger partial charge on any atom is -0.339 e. The highest BCUT2D eigenvalue weighted by atomic mass is 32.1. The highest BCUT2D eigenvalue weighted by Crippen LogP contribution is 2.31.